The highest BCUT2D eigenvalue weighted by molar-refractivity contribution is 8.32. The number of thiol groups is 1. The van der Waals surface area contributed by atoms with Gasteiger partial charge in [0, 0.05) is 11.1 Å². The van der Waals surface area contributed by atoms with Crippen LogP contribution in [0.25, 0.3) is 0 Å². The summed E-state index contributed by atoms with van der Waals surface area (Å²) in [6.07, 6.45) is 2.00. The second-order valence-electron chi connectivity index (χ2n) is 4.39. The Kier molecular flexibility index (Phi) is 3.38. The summed E-state index contributed by atoms with van der Waals surface area (Å²) in [6.45, 7) is 2.16. The molecule has 3 heteroatoms. The number of hydrogen-bond acceptors (Lipinski definition) is 1. The van der Waals surface area contributed by atoms with E-state index in [4.69, 9.17) is 4.99 Å². The van der Waals surface area contributed by atoms with Crippen molar-refractivity contribution in [2.24, 2.45) is 4.99 Å². The van der Waals surface area contributed by atoms with Crippen molar-refractivity contribution in [3.63, 3.8) is 0 Å². The van der Waals surface area contributed by atoms with Crippen LogP contribution in [0.15, 0.2) is 76.1 Å². The van der Waals surface area contributed by atoms with Crippen molar-refractivity contribution < 1.29 is 0 Å². The third kappa shape index (κ3) is 2.56. The lowest BCUT2D eigenvalue weighted by Crippen LogP contribution is -2.11. The molecule has 0 fully saturated rings. The van der Waals surface area contributed by atoms with Gasteiger partial charge in [0.15, 0.2) is 5.17 Å². The number of rotatable bonds is 2. The zero-order valence-corrected chi connectivity index (χ0v) is 11.6. The highest BCUT2D eigenvalue weighted by atomic mass is 32.2. The van der Waals surface area contributed by atoms with E-state index < -0.39 is 10.9 Å². The molecule has 0 aliphatic carbocycles. The van der Waals surface area contributed by atoms with E-state index in [2.05, 4.69) is 41.9 Å². The summed E-state index contributed by atoms with van der Waals surface area (Å²) >= 11 is 0. The Hall–Kier alpha value is -2.00. The maximum atomic E-state index is 4.73. The number of amidine groups is 1. The summed E-state index contributed by atoms with van der Waals surface area (Å²) in [5.74, 6) is 0. The first-order valence-electron chi connectivity index (χ1n) is 6.26. The van der Waals surface area contributed by atoms with Crippen molar-refractivity contribution in [1.82, 2.24) is 5.32 Å². The summed E-state index contributed by atoms with van der Waals surface area (Å²) in [7, 11) is -0.490. The van der Waals surface area contributed by atoms with Gasteiger partial charge in [0.2, 0.25) is 0 Å². The average molecular weight is 268 g/mol. The fourth-order valence-electron chi connectivity index (χ4n) is 2.07. The maximum absolute atomic E-state index is 4.73. The van der Waals surface area contributed by atoms with Crippen LogP contribution in [0.4, 0.5) is 5.69 Å². The van der Waals surface area contributed by atoms with Gasteiger partial charge >= 0.3 is 0 Å². The lowest BCUT2D eigenvalue weighted by molar-refractivity contribution is 1.29. The summed E-state index contributed by atoms with van der Waals surface area (Å²) < 4.78 is 0. The molecule has 2 nitrogen and oxygen atoms in total. The smallest absolute Gasteiger partial charge is 0.153 e. The Labute approximate surface area is 116 Å². The van der Waals surface area contributed by atoms with Crippen molar-refractivity contribution >= 4 is 21.8 Å². The van der Waals surface area contributed by atoms with E-state index in [9.17, 15) is 0 Å². The van der Waals surface area contributed by atoms with Gasteiger partial charge in [-0.1, -0.05) is 36.4 Å². The van der Waals surface area contributed by atoms with Crippen LogP contribution in [0.2, 0.25) is 0 Å². The summed E-state index contributed by atoms with van der Waals surface area (Å²) in [5.41, 5.74) is 2.32. The van der Waals surface area contributed by atoms with Crippen molar-refractivity contribution in [2.45, 2.75) is 11.8 Å². The lowest BCUT2D eigenvalue weighted by atomic mass is 10.2. The highest BCUT2D eigenvalue weighted by Gasteiger charge is 2.16. The van der Waals surface area contributed by atoms with Gasteiger partial charge in [0.05, 0.1) is 5.69 Å². The molecule has 2 aromatic rings. The largest absolute Gasteiger partial charge is 0.342 e. The van der Waals surface area contributed by atoms with E-state index >= 15 is 0 Å². The predicted molar refractivity (Wildman–Crippen MR) is 84.2 cm³/mol. The predicted octanol–water partition coefficient (Wildman–Crippen LogP) is 4.12. The number of aliphatic imine (C=N–C) groups is 1. The first-order valence-corrected chi connectivity index (χ1v) is 7.67. The Morgan fingerprint density at radius 1 is 0.947 bits per heavy atom. The Morgan fingerprint density at radius 2 is 1.68 bits per heavy atom. The van der Waals surface area contributed by atoms with Crippen molar-refractivity contribution in [2.75, 3.05) is 0 Å². The molecule has 0 bridgehead atoms. The van der Waals surface area contributed by atoms with Gasteiger partial charge in [-0.25, -0.2) is 4.99 Å². The van der Waals surface area contributed by atoms with Gasteiger partial charge in [-0.05, 0) is 36.1 Å². The molecular weight excluding hydrogens is 252 g/mol. The van der Waals surface area contributed by atoms with Crippen LogP contribution in [0.1, 0.15) is 5.56 Å². The van der Waals surface area contributed by atoms with E-state index in [1.807, 2.05) is 36.5 Å². The summed E-state index contributed by atoms with van der Waals surface area (Å²) in [4.78, 5) is 6.10. The fraction of sp³-hybridized carbons (Fsp3) is 0.0625. The van der Waals surface area contributed by atoms with Crippen LogP contribution >= 0.6 is 10.9 Å². The standard InChI is InChI=1S/C16H16N2S/c1-13-7-5-6-10-15(13)19-12-11-17-16(19)18-14-8-3-2-4-9-14/h2-12,19H,1H3,(H,17,18). The minimum Gasteiger partial charge on any atom is -0.342 e. The third-order valence-corrected chi connectivity index (χ3v) is 5.18. The molecule has 96 valence electrons. The summed E-state index contributed by atoms with van der Waals surface area (Å²) in [6, 6.07) is 18.6. The van der Waals surface area contributed by atoms with E-state index in [1.54, 1.807) is 0 Å². The molecule has 1 atom stereocenters. The van der Waals surface area contributed by atoms with E-state index in [1.165, 1.54) is 10.5 Å². The number of nitrogens with zero attached hydrogens (tertiary/aromatic N) is 1. The third-order valence-electron chi connectivity index (χ3n) is 3.03. The molecule has 0 amide bonds. The molecule has 0 aromatic heterocycles. The lowest BCUT2D eigenvalue weighted by Gasteiger charge is -2.17. The van der Waals surface area contributed by atoms with Crippen LogP contribution in [0, 0.1) is 6.92 Å². The molecule has 0 radical (unpaired) electrons. The molecular formula is C16H16N2S. The number of aryl methyl sites for hydroxylation is 1. The SMILES string of the molecule is Cc1ccccc1[SH]1C=CNC1=Nc1ccccc1. The van der Waals surface area contributed by atoms with Gasteiger partial charge < -0.3 is 5.32 Å². The normalized spacial score (nSPS) is 21.5. The molecule has 1 aliphatic rings. The topological polar surface area (TPSA) is 24.4 Å². The quantitative estimate of drug-likeness (QED) is 0.787. The first kappa shape index (κ1) is 12.1. The van der Waals surface area contributed by atoms with E-state index in [0.29, 0.717) is 0 Å². The molecule has 0 saturated carbocycles. The van der Waals surface area contributed by atoms with Crippen molar-refractivity contribution in [3.8, 4) is 0 Å². The molecule has 2 aromatic carbocycles. The number of nitrogens with one attached hydrogen (secondary N) is 1. The monoisotopic (exact) mass is 268 g/mol. The fourth-order valence-corrected chi connectivity index (χ4v) is 3.96. The summed E-state index contributed by atoms with van der Waals surface area (Å²) in [5, 5.41) is 6.55. The van der Waals surface area contributed by atoms with Crippen LogP contribution < -0.4 is 5.32 Å². The minimum atomic E-state index is -0.490. The molecule has 19 heavy (non-hydrogen) atoms. The van der Waals surface area contributed by atoms with Crippen LogP contribution in [0.5, 0.6) is 0 Å². The minimum absolute atomic E-state index is 0.490. The maximum Gasteiger partial charge on any atom is 0.153 e. The second kappa shape index (κ2) is 5.33. The van der Waals surface area contributed by atoms with Gasteiger partial charge in [0.25, 0.3) is 0 Å². The van der Waals surface area contributed by atoms with Gasteiger partial charge in [-0.15, -0.1) is 10.9 Å². The van der Waals surface area contributed by atoms with Crippen LogP contribution in [0.3, 0.4) is 0 Å². The Morgan fingerprint density at radius 3 is 2.47 bits per heavy atom. The molecule has 1 N–H and O–H groups in total. The van der Waals surface area contributed by atoms with Crippen molar-refractivity contribution in [3.05, 3.63) is 71.8 Å². The van der Waals surface area contributed by atoms with E-state index in [-0.39, 0.29) is 0 Å². The Bertz CT molecular complexity index is 632. The highest BCUT2D eigenvalue weighted by Crippen LogP contribution is 2.43. The Balaban J connectivity index is 1.96. The molecule has 1 heterocycles. The number of hydrogen-bond donors (Lipinski definition) is 2. The molecule has 0 saturated heterocycles. The second-order valence-corrected chi connectivity index (χ2v) is 6.33. The zero-order chi connectivity index (χ0) is 13.1. The van der Waals surface area contributed by atoms with Crippen LogP contribution in [-0.2, 0) is 0 Å². The first-order chi connectivity index (χ1) is 9.34. The van der Waals surface area contributed by atoms with Gasteiger partial charge in [-0.2, -0.15) is 0 Å². The zero-order valence-electron chi connectivity index (χ0n) is 10.7. The van der Waals surface area contributed by atoms with E-state index in [0.717, 1.165) is 10.9 Å². The molecule has 1 unspecified atom stereocenters. The molecule has 1 aliphatic heterocycles. The van der Waals surface area contributed by atoms with Gasteiger partial charge in [0.1, 0.15) is 0 Å². The molecule has 0 spiro atoms. The number of para-hydroxylation sites is 1. The molecule has 3 rings (SSSR count). The van der Waals surface area contributed by atoms with Crippen molar-refractivity contribution in [1.29, 1.82) is 0 Å². The number of benzene rings is 2. The van der Waals surface area contributed by atoms with Gasteiger partial charge in [-0.3, -0.25) is 0 Å². The average Bonchev–Trinajstić information content (AvgIpc) is 2.88. The van der Waals surface area contributed by atoms with Crippen LogP contribution in [-0.4, -0.2) is 5.17 Å².